The summed E-state index contributed by atoms with van der Waals surface area (Å²) in [6, 6.07) is 5.23. The number of methoxy groups -OCH3 is 2. The van der Waals surface area contributed by atoms with Crippen LogP contribution in [0.1, 0.15) is 23.2 Å². The Bertz CT molecular complexity index is 701. The zero-order valence-electron chi connectivity index (χ0n) is 16.3. The van der Waals surface area contributed by atoms with Gasteiger partial charge in [-0.25, -0.2) is 0 Å². The van der Waals surface area contributed by atoms with E-state index < -0.39 is 5.54 Å². The quantitative estimate of drug-likeness (QED) is 0.788. The molecule has 3 rings (SSSR count). The minimum atomic E-state index is -0.847. The largest absolute Gasteiger partial charge is 0.493 e. The van der Waals surface area contributed by atoms with Gasteiger partial charge in [0.05, 0.1) is 25.3 Å². The molecule has 0 aliphatic carbocycles. The SMILES string of the molecule is COc1cccc(C(=O)N2CCN(C(=O)C3(N)CCOCC3)CC2)c1OC.Cl. The molecule has 0 unspecified atom stereocenters. The van der Waals surface area contributed by atoms with Gasteiger partial charge >= 0.3 is 0 Å². The number of hydrogen-bond acceptors (Lipinski definition) is 6. The summed E-state index contributed by atoms with van der Waals surface area (Å²) in [7, 11) is 3.05. The minimum Gasteiger partial charge on any atom is -0.493 e. The number of nitrogens with zero attached hydrogens (tertiary/aromatic N) is 2. The van der Waals surface area contributed by atoms with Crippen molar-refractivity contribution in [3.05, 3.63) is 23.8 Å². The standard InChI is InChI=1S/C19H27N3O5.ClH/c1-25-15-5-3-4-14(16(15)26-2)17(23)21-8-10-22(11-9-21)18(24)19(20)6-12-27-13-7-19;/h3-5H,6-13,20H2,1-2H3;1H. The van der Waals surface area contributed by atoms with Crippen LogP contribution in [0.5, 0.6) is 11.5 Å². The number of piperazine rings is 1. The lowest BCUT2D eigenvalue weighted by Gasteiger charge is -2.41. The minimum absolute atomic E-state index is 0. The van der Waals surface area contributed by atoms with Crippen LogP contribution < -0.4 is 15.2 Å². The Morgan fingerprint density at radius 1 is 1.04 bits per heavy atom. The second-order valence-electron chi connectivity index (χ2n) is 6.89. The maximum Gasteiger partial charge on any atom is 0.257 e. The van der Waals surface area contributed by atoms with Gasteiger partial charge in [0.1, 0.15) is 0 Å². The molecule has 2 fully saturated rings. The van der Waals surface area contributed by atoms with Gasteiger partial charge in [-0.05, 0) is 25.0 Å². The molecular weight excluding hydrogens is 386 g/mol. The normalized spacial score (nSPS) is 18.8. The zero-order valence-corrected chi connectivity index (χ0v) is 17.1. The molecule has 2 saturated heterocycles. The lowest BCUT2D eigenvalue weighted by atomic mass is 9.89. The molecule has 0 aromatic heterocycles. The third-order valence-electron chi connectivity index (χ3n) is 5.30. The van der Waals surface area contributed by atoms with Crippen LogP contribution in [-0.2, 0) is 9.53 Å². The van der Waals surface area contributed by atoms with Crippen LogP contribution in [0.25, 0.3) is 0 Å². The molecule has 8 nitrogen and oxygen atoms in total. The first-order chi connectivity index (χ1) is 13.0. The summed E-state index contributed by atoms with van der Waals surface area (Å²) in [4.78, 5) is 29.2. The second-order valence-corrected chi connectivity index (χ2v) is 6.89. The highest BCUT2D eigenvalue weighted by atomic mass is 35.5. The Kier molecular flexibility index (Phi) is 7.51. The van der Waals surface area contributed by atoms with E-state index in [0.29, 0.717) is 69.3 Å². The van der Waals surface area contributed by atoms with Gasteiger partial charge in [-0.3, -0.25) is 9.59 Å². The monoisotopic (exact) mass is 413 g/mol. The van der Waals surface area contributed by atoms with Crippen LogP contribution >= 0.6 is 12.4 Å². The molecule has 2 aliphatic heterocycles. The van der Waals surface area contributed by atoms with E-state index in [4.69, 9.17) is 19.9 Å². The van der Waals surface area contributed by atoms with Crippen molar-refractivity contribution in [3.8, 4) is 11.5 Å². The fourth-order valence-electron chi connectivity index (χ4n) is 3.60. The number of halogens is 1. The van der Waals surface area contributed by atoms with Crippen molar-refractivity contribution < 1.29 is 23.8 Å². The highest BCUT2D eigenvalue weighted by Gasteiger charge is 2.40. The van der Waals surface area contributed by atoms with Gasteiger partial charge in [0.2, 0.25) is 5.91 Å². The van der Waals surface area contributed by atoms with E-state index in [-0.39, 0.29) is 24.2 Å². The molecule has 2 N–H and O–H groups in total. The van der Waals surface area contributed by atoms with Gasteiger partial charge in [0.15, 0.2) is 11.5 Å². The fraction of sp³-hybridized carbons (Fsp3) is 0.579. The van der Waals surface area contributed by atoms with Crippen LogP contribution in [-0.4, -0.2) is 80.8 Å². The predicted molar refractivity (Wildman–Crippen MR) is 106 cm³/mol. The van der Waals surface area contributed by atoms with E-state index in [1.807, 2.05) is 0 Å². The molecule has 2 aliphatic rings. The van der Waals surface area contributed by atoms with E-state index in [1.165, 1.54) is 14.2 Å². The predicted octanol–water partition coefficient (Wildman–Crippen LogP) is 0.918. The van der Waals surface area contributed by atoms with Gasteiger partial charge in [0, 0.05) is 39.4 Å². The molecule has 1 aromatic rings. The molecule has 0 bridgehead atoms. The van der Waals surface area contributed by atoms with Gasteiger partial charge in [-0.2, -0.15) is 0 Å². The summed E-state index contributed by atoms with van der Waals surface area (Å²) in [5, 5.41) is 0. The van der Waals surface area contributed by atoms with E-state index >= 15 is 0 Å². The fourth-order valence-corrected chi connectivity index (χ4v) is 3.60. The number of rotatable bonds is 4. The van der Waals surface area contributed by atoms with Crippen molar-refractivity contribution >= 4 is 24.2 Å². The first-order valence-corrected chi connectivity index (χ1v) is 9.16. The molecule has 0 saturated carbocycles. The summed E-state index contributed by atoms with van der Waals surface area (Å²) < 4.78 is 15.9. The number of amides is 2. The van der Waals surface area contributed by atoms with Crippen molar-refractivity contribution in [1.82, 2.24) is 9.80 Å². The van der Waals surface area contributed by atoms with Crippen LogP contribution in [0, 0.1) is 0 Å². The van der Waals surface area contributed by atoms with Crippen molar-refractivity contribution in [2.75, 3.05) is 53.6 Å². The number of carbonyl (C=O) groups excluding carboxylic acids is 2. The lowest BCUT2D eigenvalue weighted by Crippen LogP contribution is -2.61. The molecule has 2 amide bonds. The number of para-hydroxylation sites is 1. The summed E-state index contributed by atoms with van der Waals surface area (Å²) in [5.74, 6) is 0.761. The zero-order chi connectivity index (χ0) is 19.4. The van der Waals surface area contributed by atoms with Crippen molar-refractivity contribution in [3.63, 3.8) is 0 Å². The van der Waals surface area contributed by atoms with Crippen molar-refractivity contribution in [1.29, 1.82) is 0 Å². The Balaban J connectivity index is 0.00000280. The van der Waals surface area contributed by atoms with E-state index in [1.54, 1.807) is 28.0 Å². The summed E-state index contributed by atoms with van der Waals surface area (Å²) in [5.41, 5.74) is 5.91. The first-order valence-electron chi connectivity index (χ1n) is 9.16. The van der Waals surface area contributed by atoms with Crippen LogP contribution in [0.15, 0.2) is 18.2 Å². The average molecular weight is 414 g/mol. The third-order valence-corrected chi connectivity index (χ3v) is 5.30. The smallest absolute Gasteiger partial charge is 0.257 e. The Morgan fingerprint density at radius 2 is 1.64 bits per heavy atom. The molecule has 28 heavy (non-hydrogen) atoms. The maximum absolute atomic E-state index is 12.9. The second kappa shape index (κ2) is 9.45. The topological polar surface area (TPSA) is 94.3 Å². The molecule has 1 aromatic carbocycles. The third kappa shape index (κ3) is 4.34. The molecule has 156 valence electrons. The van der Waals surface area contributed by atoms with Crippen molar-refractivity contribution in [2.45, 2.75) is 18.4 Å². The average Bonchev–Trinajstić information content (AvgIpc) is 2.72. The Labute approximate surface area is 171 Å². The molecular formula is C19H28ClN3O5. The number of hydrogen-bond donors (Lipinski definition) is 1. The van der Waals surface area contributed by atoms with Gasteiger partial charge in [-0.15, -0.1) is 12.4 Å². The summed E-state index contributed by atoms with van der Waals surface area (Å²) in [6.45, 7) is 2.87. The number of carbonyl (C=O) groups is 2. The van der Waals surface area contributed by atoms with Gasteiger partial charge < -0.3 is 29.7 Å². The first kappa shape index (κ1) is 22.3. The molecule has 0 atom stereocenters. The van der Waals surface area contributed by atoms with Crippen LogP contribution in [0.3, 0.4) is 0 Å². The Morgan fingerprint density at radius 3 is 2.21 bits per heavy atom. The summed E-state index contributed by atoms with van der Waals surface area (Å²) >= 11 is 0. The molecule has 2 heterocycles. The van der Waals surface area contributed by atoms with E-state index in [9.17, 15) is 9.59 Å². The van der Waals surface area contributed by atoms with Gasteiger partial charge in [0.25, 0.3) is 5.91 Å². The van der Waals surface area contributed by atoms with E-state index in [2.05, 4.69) is 0 Å². The lowest BCUT2D eigenvalue weighted by molar-refractivity contribution is -0.142. The van der Waals surface area contributed by atoms with Crippen LogP contribution in [0.4, 0.5) is 0 Å². The number of benzene rings is 1. The number of ether oxygens (including phenoxy) is 3. The van der Waals surface area contributed by atoms with Crippen molar-refractivity contribution in [2.24, 2.45) is 5.73 Å². The highest BCUT2D eigenvalue weighted by Crippen LogP contribution is 2.31. The number of nitrogens with two attached hydrogens (primary N) is 1. The highest BCUT2D eigenvalue weighted by molar-refractivity contribution is 5.98. The van der Waals surface area contributed by atoms with Gasteiger partial charge in [-0.1, -0.05) is 6.07 Å². The van der Waals surface area contributed by atoms with Crippen LogP contribution in [0.2, 0.25) is 0 Å². The molecule has 0 radical (unpaired) electrons. The Hall–Kier alpha value is -2.03. The summed E-state index contributed by atoms with van der Waals surface area (Å²) in [6.07, 6.45) is 1.07. The van der Waals surface area contributed by atoms with E-state index in [0.717, 1.165) is 0 Å². The molecule has 0 spiro atoms. The maximum atomic E-state index is 12.9. The molecule has 9 heteroatoms.